The van der Waals surface area contributed by atoms with Crippen LogP contribution in [0.5, 0.6) is 5.75 Å². The van der Waals surface area contributed by atoms with E-state index in [-0.39, 0.29) is 11.3 Å². The third-order valence-electron chi connectivity index (χ3n) is 2.38. The van der Waals surface area contributed by atoms with Crippen molar-refractivity contribution in [2.45, 2.75) is 0 Å². The van der Waals surface area contributed by atoms with E-state index in [0.29, 0.717) is 5.56 Å². The van der Waals surface area contributed by atoms with Crippen molar-refractivity contribution < 1.29 is 33.7 Å². The summed E-state index contributed by atoms with van der Waals surface area (Å²) in [5.74, 6) is -2.66. The predicted octanol–water partition coefficient (Wildman–Crippen LogP) is 0.879. The van der Waals surface area contributed by atoms with Crippen molar-refractivity contribution in [2.24, 2.45) is 0 Å². The molecule has 7 heteroatoms. The number of carboxylic acids is 1. The van der Waals surface area contributed by atoms with E-state index in [1.54, 1.807) is 18.2 Å². The number of carboxylic acid groups (broad SMARTS) is 1. The van der Waals surface area contributed by atoms with Crippen LogP contribution in [0.25, 0.3) is 6.08 Å². The van der Waals surface area contributed by atoms with Crippen LogP contribution in [0.3, 0.4) is 0 Å². The van der Waals surface area contributed by atoms with Crippen molar-refractivity contribution >= 4 is 24.0 Å². The molecule has 1 rings (SSSR count). The first-order valence-electron chi connectivity index (χ1n) is 5.81. The van der Waals surface area contributed by atoms with Gasteiger partial charge in [0.25, 0.3) is 0 Å². The summed E-state index contributed by atoms with van der Waals surface area (Å²) in [6, 6.07) is 6.35. The number of aliphatic carboxylic acids is 1. The third kappa shape index (κ3) is 4.64. The number of carbonyl (C=O) groups is 3. The molecule has 0 bridgehead atoms. The highest BCUT2D eigenvalue weighted by atomic mass is 16.5. The molecule has 7 nitrogen and oxygen atoms in total. The highest BCUT2D eigenvalue weighted by Gasteiger charge is 2.20. The molecule has 0 heterocycles. The van der Waals surface area contributed by atoms with E-state index in [1.165, 1.54) is 12.1 Å². The van der Waals surface area contributed by atoms with Gasteiger partial charge in [0, 0.05) is 5.56 Å². The van der Waals surface area contributed by atoms with E-state index in [0.717, 1.165) is 14.2 Å². The van der Waals surface area contributed by atoms with Crippen LogP contribution in [-0.2, 0) is 23.9 Å². The summed E-state index contributed by atoms with van der Waals surface area (Å²) in [4.78, 5) is 33.7. The van der Waals surface area contributed by atoms with Crippen LogP contribution in [0, 0.1) is 0 Å². The lowest BCUT2D eigenvalue weighted by atomic mass is 10.1. The Hall–Kier alpha value is -2.83. The second kappa shape index (κ2) is 7.68. The maximum Gasteiger partial charge on any atom is 0.345 e. The van der Waals surface area contributed by atoms with Crippen LogP contribution in [0.15, 0.2) is 29.8 Å². The van der Waals surface area contributed by atoms with Crippen LogP contribution in [0.4, 0.5) is 0 Å². The highest BCUT2D eigenvalue weighted by Crippen LogP contribution is 2.21. The van der Waals surface area contributed by atoms with Crippen molar-refractivity contribution in [1.29, 1.82) is 0 Å². The maximum atomic E-state index is 11.6. The fourth-order valence-corrected chi connectivity index (χ4v) is 1.45. The Morgan fingerprint density at radius 2 is 1.67 bits per heavy atom. The second-order valence-electron chi connectivity index (χ2n) is 3.76. The minimum Gasteiger partial charge on any atom is -0.481 e. The van der Waals surface area contributed by atoms with Gasteiger partial charge in [0.2, 0.25) is 0 Å². The molecule has 0 fully saturated rings. The number of methoxy groups -OCH3 is 2. The monoisotopic (exact) mass is 294 g/mol. The number of benzene rings is 1. The molecule has 0 unspecified atom stereocenters. The predicted molar refractivity (Wildman–Crippen MR) is 71.6 cm³/mol. The molecule has 0 aliphatic carbocycles. The number of carbonyl (C=O) groups excluding carboxylic acids is 2. The molecular weight excluding hydrogens is 280 g/mol. The zero-order chi connectivity index (χ0) is 15.8. The van der Waals surface area contributed by atoms with Crippen molar-refractivity contribution in [3.05, 3.63) is 35.4 Å². The van der Waals surface area contributed by atoms with E-state index in [9.17, 15) is 14.4 Å². The Labute approximate surface area is 120 Å². The summed E-state index contributed by atoms with van der Waals surface area (Å²) in [5, 5.41) is 8.61. The lowest BCUT2D eigenvalue weighted by molar-refractivity contribution is -0.144. The van der Waals surface area contributed by atoms with Crippen LogP contribution in [-0.4, -0.2) is 43.8 Å². The van der Waals surface area contributed by atoms with E-state index in [4.69, 9.17) is 9.84 Å². The zero-order valence-electron chi connectivity index (χ0n) is 11.5. The summed E-state index contributed by atoms with van der Waals surface area (Å²) in [5.41, 5.74) is 0.0240. The first kappa shape index (κ1) is 16.2. The van der Waals surface area contributed by atoms with E-state index in [1.807, 2.05) is 0 Å². The molecule has 0 aliphatic rings. The fourth-order valence-electron chi connectivity index (χ4n) is 1.45. The highest BCUT2D eigenvalue weighted by molar-refractivity contribution is 6.17. The summed E-state index contributed by atoms with van der Waals surface area (Å²) in [6.07, 6.45) is 1.22. The van der Waals surface area contributed by atoms with Gasteiger partial charge >= 0.3 is 17.9 Å². The topological polar surface area (TPSA) is 99.1 Å². The molecule has 0 aromatic heterocycles. The summed E-state index contributed by atoms with van der Waals surface area (Å²) in [6.45, 7) is -0.545. The molecule has 0 amide bonds. The quantitative estimate of drug-likeness (QED) is 0.360. The zero-order valence-corrected chi connectivity index (χ0v) is 11.5. The average Bonchev–Trinajstić information content (AvgIpc) is 2.49. The fraction of sp³-hybridized carbons (Fsp3) is 0.214. The lowest BCUT2D eigenvalue weighted by Gasteiger charge is -2.08. The van der Waals surface area contributed by atoms with Gasteiger partial charge in [-0.05, 0) is 12.1 Å². The number of hydrogen-bond donors (Lipinski definition) is 1. The summed E-state index contributed by atoms with van der Waals surface area (Å²) >= 11 is 0. The van der Waals surface area contributed by atoms with E-state index < -0.39 is 24.5 Å². The molecule has 0 spiro atoms. The van der Waals surface area contributed by atoms with Crippen LogP contribution in [0.1, 0.15) is 5.56 Å². The summed E-state index contributed by atoms with van der Waals surface area (Å²) in [7, 11) is 2.26. The Morgan fingerprint density at radius 3 is 2.19 bits per heavy atom. The SMILES string of the molecule is COC(=O)C(=Cc1ccccc1OCC(=O)O)C(=O)OC. The second-order valence-corrected chi connectivity index (χ2v) is 3.76. The van der Waals surface area contributed by atoms with Crippen LogP contribution < -0.4 is 4.74 Å². The number of hydrogen-bond acceptors (Lipinski definition) is 6. The molecular formula is C14H14O7. The van der Waals surface area contributed by atoms with Crippen molar-refractivity contribution in [3.8, 4) is 5.75 Å². The Balaban J connectivity index is 3.17. The average molecular weight is 294 g/mol. The normalized spacial score (nSPS) is 9.43. The molecule has 0 radical (unpaired) electrons. The summed E-state index contributed by atoms with van der Waals surface area (Å²) < 4.78 is 14.1. The lowest BCUT2D eigenvalue weighted by Crippen LogP contribution is -2.16. The Morgan fingerprint density at radius 1 is 1.10 bits per heavy atom. The van der Waals surface area contributed by atoms with Crippen molar-refractivity contribution in [1.82, 2.24) is 0 Å². The van der Waals surface area contributed by atoms with Gasteiger partial charge in [0.1, 0.15) is 11.3 Å². The molecule has 1 aromatic carbocycles. The van der Waals surface area contributed by atoms with Crippen molar-refractivity contribution in [3.63, 3.8) is 0 Å². The Kier molecular flexibility index (Phi) is 5.94. The number of esters is 2. The first-order valence-corrected chi connectivity index (χ1v) is 5.81. The van der Waals surface area contributed by atoms with Crippen LogP contribution in [0.2, 0.25) is 0 Å². The smallest absolute Gasteiger partial charge is 0.345 e. The number of rotatable bonds is 6. The third-order valence-corrected chi connectivity index (χ3v) is 2.38. The van der Waals surface area contributed by atoms with Gasteiger partial charge < -0.3 is 19.3 Å². The van der Waals surface area contributed by atoms with Gasteiger partial charge in [-0.15, -0.1) is 0 Å². The van der Waals surface area contributed by atoms with E-state index >= 15 is 0 Å². The van der Waals surface area contributed by atoms with Crippen LogP contribution >= 0.6 is 0 Å². The maximum absolute atomic E-state index is 11.6. The van der Waals surface area contributed by atoms with Gasteiger partial charge in [-0.25, -0.2) is 14.4 Å². The number of ether oxygens (including phenoxy) is 3. The minimum atomic E-state index is -1.14. The van der Waals surface area contributed by atoms with E-state index in [2.05, 4.69) is 9.47 Å². The molecule has 1 aromatic rings. The largest absolute Gasteiger partial charge is 0.481 e. The molecule has 0 saturated heterocycles. The van der Waals surface area contributed by atoms with Gasteiger partial charge in [0.05, 0.1) is 14.2 Å². The Bertz CT molecular complexity index is 556. The molecule has 1 N–H and O–H groups in total. The van der Waals surface area contributed by atoms with Gasteiger partial charge in [-0.2, -0.15) is 0 Å². The molecule has 0 saturated carbocycles. The standard InChI is InChI=1S/C14H14O7/c1-19-13(17)10(14(18)20-2)7-9-5-3-4-6-11(9)21-8-12(15)16/h3-7H,8H2,1-2H3,(H,15,16). The van der Waals surface area contributed by atoms with Gasteiger partial charge in [-0.3, -0.25) is 0 Å². The van der Waals surface area contributed by atoms with Gasteiger partial charge in [-0.1, -0.05) is 18.2 Å². The molecule has 21 heavy (non-hydrogen) atoms. The minimum absolute atomic E-state index is 0.213. The molecule has 0 aliphatic heterocycles. The van der Waals surface area contributed by atoms with Gasteiger partial charge in [0.15, 0.2) is 6.61 Å². The number of para-hydroxylation sites is 1. The molecule has 112 valence electrons. The first-order chi connectivity index (χ1) is 9.99. The molecule has 0 atom stereocenters. The van der Waals surface area contributed by atoms with Crippen molar-refractivity contribution in [2.75, 3.05) is 20.8 Å².